The molecule has 0 amide bonds. The summed E-state index contributed by atoms with van der Waals surface area (Å²) < 4.78 is 0. The van der Waals surface area contributed by atoms with Crippen molar-refractivity contribution < 1.29 is 35.6 Å². The maximum atomic E-state index is 2.99. The summed E-state index contributed by atoms with van der Waals surface area (Å²) in [6, 6.07) is 19.3. The number of benzene rings is 2. The molecule has 0 nitrogen and oxygen atoms in total. The van der Waals surface area contributed by atoms with E-state index >= 15 is 0 Å². The van der Waals surface area contributed by atoms with Crippen LogP contribution in [-0.4, -0.2) is 0 Å². The summed E-state index contributed by atoms with van der Waals surface area (Å²) in [6.07, 6.45) is 10.0. The standard InChI is InChI=1S/C13H9.C5H5.2FH.Zr/c1-3-7-12-10(5-1)9-11-6-2-4-8-13(11)12;1-2-4-5-3-1;;;/h1-9H;1-3H,4H2;2*1H;/q2*-1;;;+4/p-2. The predicted molar refractivity (Wildman–Crippen MR) is 78.6 cm³/mol. The molecule has 0 fully saturated rings. The van der Waals surface area contributed by atoms with Crippen LogP contribution in [0.2, 0.25) is 0 Å². The molecule has 1 aliphatic rings. The summed E-state index contributed by atoms with van der Waals surface area (Å²) in [5.41, 5.74) is 0. The van der Waals surface area contributed by atoms with Crippen LogP contribution >= 0.6 is 0 Å². The van der Waals surface area contributed by atoms with Gasteiger partial charge in [0.1, 0.15) is 0 Å². The van der Waals surface area contributed by atoms with Gasteiger partial charge in [0, 0.05) is 0 Å². The Hall–Kier alpha value is -1.47. The van der Waals surface area contributed by atoms with E-state index in [0.29, 0.717) is 0 Å². The molecule has 0 saturated carbocycles. The normalized spacial score (nSPS) is 11.0. The molecular weight excluding hydrogens is 345 g/mol. The van der Waals surface area contributed by atoms with Crippen LogP contribution in [0.25, 0.3) is 21.5 Å². The fraction of sp³-hybridized carbons (Fsp3) is 0.0556. The minimum atomic E-state index is 0. The van der Waals surface area contributed by atoms with Crippen LogP contribution in [0.3, 0.4) is 0 Å². The van der Waals surface area contributed by atoms with Crippen LogP contribution in [0.4, 0.5) is 0 Å². The summed E-state index contributed by atoms with van der Waals surface area (Å²) >= 11 is 0. The summed E-state index contributed by atoms with van der Waals surface area (Å²) in [4.78, 5) is 0. The number of fused-ring (bicyclic) bond motifs is 3. The van der Waals surface area contributed by atoms with E-state index in [-0.39, 0.29) is 35.6 Å². The maximum absolute atomic E-state index is 2.99. The third kappa shape index (κ3) is 4.51. The van der Waals surface area contributed by atoms with E-state index in [1.807, 2.05) is 12.2 Å². The van der Waals surface area contributed by atoms with E-state index < -0.39 is 0 Å². The van der Waals surface area contributed by atoms with E-state index in [4.69, 9.17) is 0 Å². The zero-order chi connectivity index (χ0) is 12.2. The monoisotopic (exact) mass is 358 g/mol. The van der Waals surface area contributed by atoms with Gasteiger partial charge >= 0.3 is 26.2 Å². The molecule has 0 heterocycles. The molecule has 0 unspecified atom stereocenters. The molecule has 0 N–H and O–H groups in total. The molecule has 0 bridgehead atoms. The van der Waals surface area contributed by atoms with Crippen LogP contribution in [0.1, 0.15) is 6.42 Å². The van der Waals surface area contributed by atoms with Crippen LogP contribution in [0.15, 0.2) is 72.8 Å². The molecule has 0 radical (unpaired) electrons. The molecule has 0 aromatic heterocycles. The third-order valence-electron chi connectivity index (χ3n) is 3.11. The minimum Gasteiger partial charge on any atom is -1.00 e. The van der Waals surface area contributed by atoms with E-state index in [0.717, 1.165) is 6.42 Å². The number of hydrogen-bond acceptors (Lipinski definition) is 0. The first-order valence-electron chi connectivity index (χ1n) is 6.20. The number of halogens is 2. The van der Waals surface area contributed by atoms with Gasteiger partial charge in [0.25, 0.3) is 0 Å². The van der Waals surface area contributed by atoms with Crippen molar-refractivity contribution in [2.24, 2.45) is 0 Å². The first-order valence-corrected chi connectivity index (χ1v) is 6.20. The Morgan fingerprint density at radius 1 is 0.810 bits per heavy atom. The second-order valence-electron chi connectivity index (χ2n) is 4.32. The fourth-order valence-electron chi connectivity index (χ4n) is 2.24. The molecule has 1 aliphatic carbocycles. The van der Waals surface area contributed by atoms with E-state index in [2.05, 4.69) is 66.7 Å². The van der Waals surface area contributed by atoms with Crippen molar-refractivity contribution in [3.05, 3.63) is 78.9 Å². The Balaban J connectivity index is 0.000000437. The van der Waals surface area contributed by atoms with E-state index in [1.54, 1.807) is 0 Å². The van der Waals surface area contributed by atoms with Gasteiger partial charge in [0.05, 0.1) is 0 Å². The van der Waals surface area contributed by atoms with Gasteiger partial charge in [0.2, 0.25) is 0 Å². The average molecular weight is 360 g/mol. The van der Waals surface area contributed by atoms with Crippen LogP contribution < -0.4 is 9.41 Å². The molecule has 4 rings (SSSR count). The van der Waals surface area contributed by atoms with Crippen molar-refractivity contribution >= 4 is 21.5 Å². The first kappa shape index (κ1) is 19.5. The largest absolute Gasteiger partial charge is 4.00 e. The quantitative estimate of drug-likeness (QED) is 0.453. The van der Waals surface area contributed by atoms with Gasteiger partial charge in [-0.05, 0) is 0 Å². The van der Waals surface area contributed by atoms with E-state index in [9.17, 15) is 0 Å². The maximum Gasteiger partial charge on any atom is 4.00 e. The predicted octanol–water partition coefficient (Wildman–Crippen LogP) is -0.977. The Morgan fingerprint density at radius 3 is 1.71 bits per heavy atom. The number of rotatable bonds is 0. The minimum absolute atomic E-state index is 0. The molecule has 3 heteroatoms. The smallest absolute Gasteiger partial charge is 1.00 e. The van der Waals surface area contributed by atoms with Crippen molar-refractivity contribution in [3.8, 4) is 0 Å². The van der Waals surface area contributed by atoms with Crippen LogP contribution in [0, 0.1) is 6.08 Å². The first-order chi connectivity index (χ1) is 8.95. The Labute approximate surface area is 142 Å². The van der Waals surface area contributed by atoms with E-state index in [1.165, 1.54) is 21.5 Å². The molecule has 0 saturated heterocycles. The molecule has 3 aromatic rings. The van der Waals surface area contributed by atoms with Crippen molar-refractivity contribution in [1.29, 1.82) is 0 Å². The van der Waals surface area contributed by atoms with Crippen LogP contribution in [-0.2, 0) is 26.2 Å². The third-order valence-corrected chi connectivity index (χ3v) is 3.11. The van der Waals surface area contributed by atoms with Gasteiger partial charge < -0.3 is 9.41 Å². The molecular formula is C18H14F2Zr. The molecule has 21 heavy (non-hydrogen) atoms. The molecule has 0 atom stereocenters. The van der Waals surface area contributed by atoms with Crippen molar-refractivity contribution in [2.45, 2.75) is 6.42 Å². The van der Waals surface area contributed by atoms with Gasteiger partial charge in [0.15, 0.2) is 0 Å². The van der Waals surface area contributed by atoms with Gasteiger partial charge in [-0.15, -0.1) is 46.2 Å². The second kappa shape index (κ2) is 9.47. The number of hydrogen-bond donors (Lipinski definition) is 0. The summed E-state index contributed by atoms with van der Waals surface area (Å²) in [6.45, 7) is 0. The summed E-state index contributed by atoms with van der Waals surface area (Å²) in [5, 5.41) is 5.39. The molecule has 104 valence electrons. The van der Waals surface area contributed by atoms with Gasteiger partial charge in [-0.2, -0.15) is 6.08 Å². The molecule has 0 aliphatic heterocycles. The van der Waals surface area contributed by atoms with Gasteiger partial charge in [-0.25, -0.2) is 12.2 Å². The second-order valence-corrected chi connectivity index (χ2v) is 4.32. The number of allylic oxidation sites excluding steroid dienone is 4. The summed E-state index contributed by atoms with van der Waals surface area (Å²) in [5.74, 6) is 0. The fourth-order valence-corrected chi connectivity index (χ4v) is 2.24. The SMILES string of the molecule is [C-]1=CC=CC1.[F-].[F-].[Zr+4].c1ccc2c(c1)[cH-]c1ccccc12. The average Bonchev–Trinajstić information content (AvgIpc) is 3.10. The van der Waals surface area contributed by atoms with Gasteiger partial charge in [-0.1, -0.05) is 36.4 Å². The summed E-state index contributed by atoms with van der Waals surface area (Å²) in [7, 11) is 0. The molecule has 0 spiro atoms. The van der Waals surface area contributed by atoms with Crippen molar-refractivity contribution in [3.63, 3.8) is 0 Å². The zero-order valence-electron chi connectivity index (χ0n) is 11.4. The topological polar surface area (TPSA) is 0 Å². The van der Waals surface area contributed by atoms with Crippen molar-refractivity contribution in [2.75, 3.05) is 0 Å². The van der Waals surface area contributed by atoms with Gasteiger partial charge in [-0.3, -0.25) is 6.08 Å². The Kier molecular flexibility index (Phi) is 8.80. The van der Waals surface area contributed by atoms with Crippen molar-refractivity contribution in [1.82, 2.24) is 0 Å². The van der Waals surface area contributed by atoms with Crippen LogP contribution in [0.5, 0.6) is 0 Å². The zero-order valence-corrected chi connectivity index (χ0v) is 13.8. The Morgan fingerprint density at radius 2 is 1.33 bits per heavy atom. The molecule has 3 aromatic carbocycles. The Bertz CT molecular complexity index is 666.